The van der Waals surface area contributed by atoms with Crippen LogP contribution in [0.3, 0.4) is 0 Å². The Hall–Kier alpha value is -2.25. The molecule has 1 saturated heterocycles. The molecule has 2 amide bonds. The highest BCUT2D eigenvalue weighted by atomic mass is 19.1. The number of nitrogens with zero attached hydrogens (tertiary/aromatic N) is 1. The summed E-state index contributed by atoms with van der Waals surface area (Å²) in [5, 5.41) is 5.85. The third-order valence-corrected chi connectivity index (χ3v) is 4.50. The van der Waals surface area contributed by atoms with E-state index in [1.165, 1.54) is 13.0 Å². The smallest absolute Gasteiger partial charge is 0.217 e. The van der Waals surface area contributed by atoms with Gasteiger partial charge in [0.25, 0.3) is 0 Å². The zero-order valence-corrected chi connectivity index (χ0v) is 14.1. The quantitative estimate of drug-likeness (QED) is 0.785. The number of carbonyl (C=O) groups excluding carboxylic acids is 2. The molecule has 2 heterocycles. The van der Waals surface area contributed by atoms with Crippen molar-refractivity contribution in [2.75, 3.05) is 26.2 Å². The molecule has 1 fully saturated rings. The number of halogens is 1. The molecule has 0 radical (unpaired) electrons. The lowest BCUT2D eigenvalue weighted by molar-refractivity contribution is -0.119. The molecule has 1 unspecified atom stereocenters. The normalized spacial score (nSPS) is 23.3. The Morgan fingerprint density at radius 1 is 1.52 bits per heavy atom. The molecule has 2 atom stereocenters. The molecule has 0 aliphatic carbocycles. The van der Waals surface area contributed by atoms with Crippen molar-refractivity contribution in [1.82, 2.24) is 15.5 Å². The molecular formula is C18H22FN3O3. The first-order valence-electron chi connectivity index (χ1n) is 8.38. The Labute approximate surface area is 146 Å². The van der Waals surface area contributed by atoms with Crippen LogP contribution in [0.25, 0.3) is 5.57 Å². The van der Waals surface area contributed by atoms with Gasteiger partial charge in [-0.05, 0) is 23.6 Å². The summed E-state index contributed by atoms with van der Waals surface area (Å²) in [6, 6.07) is 5.16. The van der Waals surface area contributed by atoms with E-state index in [0.717, 1.165) is 17.5 Å². The van der Waals surface area contributed by atoms with Gasteiger partial charge in [-0.2, -0.15) is 0 Å². The van der Waals surface area contributed by atoms with Crippen molar-refractivity contribution < 1.29 is 18.7 Å². The predicted molar refractivity (Wildman–Crippen MR) is 90.9 cm³/mol. The van der Waals surface area contributed by atoms with Gasteiger partial charge in [0.15, 0.2) is 0 Å². The first-order chi connectivity index (χ1) is 12.1. The summed E-state index contributed by atoms with van der Waals surface area (Å²) in [6.07, 6.45) is 2.84. The number of hydrogen-bond donors (Lipinski definition) is 2. The lowest BCUT2D eigenvalue weighted by Gasteiger charge is -2.23. The first kappa shape index (κ1) is 17.6. The predicted octanol–water partition coefficient (Wildman–Crippen LogP) is 1.19. The van der Waals surface area contributed by atoms with Crippen molar-refractivity contribution in [3.05, 3.63) is 41.2 Å². The van der Waals surface area contributed by atoms with E-state index < -0.39 is 0 Å². The largest absolute Gasteiger partial charge is 0.352 e. The second kappa shape index (κ2) is 7.76. The molecule has 2 aliphatic rings. The van der Waals surface area contributed by atoms with E-state index >= 15 is 0 Å². The van der Waals surface area contributed by atoms with Gasteiger partial charge in [0.1, 0.15) is 12.0 Å². The average molecular weight is 347 g/mol. The standard InChI is InChI=1S/C18H22FN3O3/c1-12(24)20-10-18-21-9-17(25-18)14-2-3-15(16(19)8-14)13-4-6-22(11-23)7-5-13/h2-4,8,11,17-18,21H,5-7,9-10H2,1H3,(H,20,24)/t17?,18-/m0/s1. The minimum atomic E-state index is -0.280. The summed E-state index contributed by atoms with van der Waals surface area (Å²) < 4.78 is 20.4. The number of rotatable bonds is 5. The third kappa shape index (κ3) is 4.24. The van der Waals surface area contributed by atoms with Gasteiger partial charge in [-0.3, -0.25) is 14.9 Å². The van der Waals surface area contributed by atoms with Crippen molar-refractivity contribution in [3.63, 3.8) is 0 Å². The molecule has 2 N–H and O–H groups in total. The highest BCUT2D eigenvalue weighted by Crippen LogP contribution is 2.29. The monoisotopic (exact) mass is 347 g/mol. The average Bonchev–Trinajstić information content (AvgIpc) is 3.09. The number of amides is 2. The maximum Gasteiger partial charge on any atom is 0.217 e. The van der Waals surface area contributed by atoms with Crippen LogP contribution >= 0.6 is 0 Å². The van der Waals surface area contributed by atoms with Crippen LogP contribution in [-0.2, 0) is 14.3 Å². The summed E-state index contributed by atoms with van der Waals surface area (Å²) >= 11 is 0. The number of ether oxygens (including phenoxy) is 1. The van der Waals surface area contributed by atoms with Crippen LogP contribution in [0, 0.1) is 5.82 Å². The first-order valence-corrected chi connectivity index (χ1v) is 8.38. The SMILES string of the molecule is CC(=O)NC[C@H]1NCC(c2ccc(C3=CCN(C=O)CC3)c(F)c2)O1. The minimum Gasteiger partial charge on any atom is -0.352 e. The maximum atomic E-state index is 14.6. The van der Waals surface area contributed by atoms with Crippen molar-refractivity contribution in [1.29, 1.82) is 0 Å². The zero-order valence-electron chi connectivity index (χ0n) is 14.1. The number of benzene rings is 1. The molecule has 0 spiro atoms. The van der Waals surface area contributed by atoms with E-state index in [0.29, 0.717) is 38.2 Å². The molecule has 0 aromatic heterocycles. The zero-order chi connectivity index (χ0) is 17.8. The van der Waals surface area contributed by atoms with Crippen molar-refractivity contribution in [2.45, 2.75) is 25.7 Å². The van der Waals surface area contributed by atoms with Gasteiger partial charge in [0, 0.05) is 32.1 Å². The van der Waals surface area contributed by atoms with Crippen molar-refractivity contribution in [2.24, 2.45) is 0 Å². The molecule has 7 heteroatoms. The van der Waals surface area contributed by atoms with E-state index in [2.05, 4.69) is 10.6 Å². The van der Waals surface area contributed by atoms with Crippen LogP contribution in [0.4, 0.5) is 4.39 Å². The van der Waals surface area contributed by atoms with E-state index in [1.54, 1.807) is 11.0 Å². The van der Waals surface area contributed by atoms with E-state index in [-0.39, 0.29) is 24.1 Å². The lowest BCUT2D eigenvalue weighted by atomic mass is 9.97. The second-order valence-electron chi connectivity index (χ2n) is 6.28. The Morgan fingerprint density at radius 2 is 2.36 bits per heavy atom. The van der Waals surface area contributed by atoms with Crippen LogP contribution < -0.4 is 10.6 Å². The molecule has 1 aromatic rings. The molecule has 2 aliphatic heterocycles. The Bertz CT molecular complexity index is 692. The van der Waals surface area contributed by atoms with Gasteiger partial charge in [-0.1, -0.05) is 18.2 Å². The fourth-order valence-corrected chi connectivity index (χ4v) is 3.10. The number of hydrogen-bond acceptors (Lipinski definition) is 4. The lowest BCUT2D eigenvalue weighted by Crippen LogP contribution is -2.36. The van der Waals surface area contributed by atoms with Gasteiger partial charge in [0.2, 0.25) is 12.3 Å². The molecular weight excluding hydrogens is 325 g/mol. The van der Waals surface area contributed by atoms with Crippen LogP contribution in [0.15, 0.2) is 24.3 Å². The topological polar surface area (TPSA) is 70.7 Å². The summed E-state index contributed by atoms with van der Waals surface area (Å²) in [7, 11) is 0. The van der Waals surface area contributed by atoms with Crippen LogP contribution in [-0.4, -0.2) is 49.6 Å². The highest BCUT2D eigenvalue weighted by Gasteiger charge is 2.26. The Kier molecular flexibility index (Phi) is 5.45. The van der Waals surface area contributed by atoms with Crippen molar-refractivity contribution >= 4 is 17.9 Å². The maximum absolute atomic E-state index is 14.6. The molecule has 0 bridgehead atoms. The summed E-state index contributed by atoms with van der Waals surface area (Å²) in [4.78, 5) is 23.4. The van der Waals surface area contributed by atoms with Gasteiger partial charge in [-0.15, -0.1) is 0 Å². The van der Waals surface area contributed by atoms with Crippen molar-refractivity contribution in [3.8, 4) is 0 Å². The number of nitrogens with one attached hydrogen (secondary N) is 2. The van der Waals surface area contributed by atoms with E-state index in [1.807, 2.05) is 12.1 Å². The fourth-order valence-electron chi connectivity index (χ4n) is 3.10. The van der Waals surface area contributed by atoms with Crippen LogP contribution in [0.1, 0.15) is 30.6 Å². The summed E-state index contributed by atoms with van der Waals surface area (Å²) in [5.41, 5.74) is 2.27. The fraction of sp³-hybridized carbons (Fsp3) is 0.444. The van der Waals surface area contributed by atoms with Gasteiger partial charge >= 0.3 is 0 Å². The molecule has 0 saturated carbocycles. The molecule has 1 aromatic carbocycles. The van der Waals surface area contributed by atoms with E-state index in [4.69, 9.17) is 4.74 Å². The summed E-state index contributed by atoms with van der Waals surface area (Å²) in [5.74, 6) is -0.393. The highest BCUT2D eigenvalue weighted by molar-refractivity contribution is 5.72. The second-order valence-corrected chi connectivity index (χ2v) is 6.28. The summed E-state index contributed by atoms with van der Waals surface area (Å²) in [6.45, 7) is 3.53. The molecule has 3 rings (SSSR count). The van der Waals surface area contributed by atoms with Crippen LogP contribution in [0.5, 0.6) is 0 Å². The Balaban J connectivity index is 1.65. The van der Waals surface area contributed by atoms with Gasteiger partial charge < -0.3 is 15.0 Å². The molecule has 134 valence electrons. The Morgan fingerprint density at radius 3 is 3.00 bits per heavy atom. The van der Waals surface area contributed by atoms with Gasteiger partial charge in [0.05, 0.1) is 12.6 Å². The van der Waals surface area contributed by atoms with Crippen LogP contribution in [0.2, 0.25) is 0 Å². The van der Waals surface area contributed by atoms with Gasteiger partial charge in [-0.25, -0.2) is 4.39 Å². The van der Waals surface area contributed by atoms with E-state index in [9.17, 15) is 14.0 Å². The minimum absolute atomic E-state index is 0.113. The number of carbonyl (C=O) groups is 2. The molecule has 25 heavy (non-hydrogen) atoms. The molecule has 6 nitrogen and oxygen atoms in total. The third-order valence-electron chi connectivity index (χ3n) is 4.50.